The smallest absolute Gasteiger partial charge is 0.128 e. The van der Waals surface area contributed by atoms with Crippen LogP contribution in [0, 0.1) is 11.3 Å². The van der Waals surface area contributed by atoms with Gasteiger partial charge in [-0.1, -0.05) is 0 Å². The molecule has 1 heterocycles. The van der Waals surface area contributed by atoms with Crippen LogP contribution in [-0.2, 0) is 0 Å². The second kappa shape index (κ2) is 4.58. The molecule has 0 spiro atoms. The van der Waals surface area contributed by atoms with Gasteiger partial charge in [-0.2, -0.15) is 5.26 Å². The van der Waals surface area contributed by atoms with Crippen molar-refractivity contribution in [3.8, 4) is 6.07 Å². The van der Waals surface area contributed by atoms with Crippen LogP contribution in [0.5, 0.6) is 0 Å². The van der Waals surface area contributed by atoms with Gasteiger partial charge in [-0.15, -0.1) is 0 Å². The minimum atomic E-state index is 0.0236. The number of aromatic nitrogens is 1. The number of aliphatic hydroxyl groups is 1. The zero-order chi connectivity index (χ0) is 10.6. The zero-order valence-corrected chi connectivity index (χ0v) is 8.31. The van der Waals surface area contributed by atoms with E-state index in [2.05, 4.69) is 4.98 Å². The fourth-order valence-electron chi connectivity index (χ4n) is 1.01. The molecule has 0 fully saturated rings. The number of likely N-dealkylation sites (N-methyl/N-ethyl adjacent to an activating group) is 1. The third-order valence-electron chi connectivity index (χ3n) is 2.16. The Labute approximate surface area is 83.4 Å². The van der Waals surface area contributed by atoms with Crippen LogP contribution in [0.2, 0.25) is 0 Å². The number of nitrogens with zero attached hydrogens (tertiary/aromatic N) is 3. The summed E-state index contributed by atoms with van der Waals surface area (Å²) in [5, 5.41) is 17.5. The molecule has 0 aliphatic rings. The van der Waals surface area contributed by atoms with Crippen LogP contribution in [-0.4, -0.2) is 29.8 Å². The Kier molecular flexibility index (Phi) is 3.43. The quantitative estimate of drug-likeness (QED) is 0.766. The molecule has 4 nitrogen and oxygen atoms in total. The van der Waals surface area contributed by atoms with Crippen LogP contribution in [0.1, 0.15) is 12.5 Å². The first kappa shape index (κ1) is 10.5. The predicted octanol–water partition coefficient (Wildman–Crippen LogP) is 0.770. The molecule has 1 N–H and O–H groups in total. The van der Waals surface area contributed by atoms with Crippen molar-refractivity contribution >= 4 is 5.82 Å². The maximum atomic E-state index is 8.95. The molecular formula is C10H13N3O. The summed E-state index contributed by atoms with van der Waals surface area (Å²) < 4.78 is 0. The Morgan fingerprint density at radius 1 is 1.64 bits per heavy atom. The maximum Gasteiger partial charge on any atom is 0.128 e. The van der Waals surface area contributed by atoms with Crippen molar-refractivity contribution in [1.29, 1.82) is 5.26 Å². The van der Waals surface area contributed by atoms with E-state index in [4.69, 9.17) is 10.4 Å². The summed E-state index contributed by atoms with van der Waals surface area (Å²) in [6.07, 6.45) is 1.52. The molecule has 0 bridgehead atoms. The van der Waals surface area contributed by atoms with Gasteiger partial charge in [0.25, 0.3) is 0 Å². The average molecular weight is 191 g/mol. The van der Waals surface area contributed by atoms with Gasteiger partial charge in [0.05, 0.1) is 18.2 Å². The lowest BCUT2D eigenvalue weighted by Gasteiger charge is -2.23. The Morgan fingerprint density at radius 3 is 2.79 bits per heavy atom. The van der Waals surface area contributed by atoms with Gasteiger partial charge in [-0.05, 0) is 19.1 Å². The molecule has 1 aromatic rings. The molecule has 1 unspecified atom stereocenters. The highest BCUT2D eigenvalue weighted by atomic mass is 16.3. The van der Waals surface area contributed by atoms with E-state index in [0.29, 0.717) is 5.56 Å². The topological polar surface area (TPSA) is 60.1 Å². The van der Waals surface area contributed by atoms with Gasteiger partial charge in [-0.3, -0.25) is 0 Å². The maximum absolute atomic E-state index is 8.95. The fraction of sp³-hybridized carbons (Fsp3) is 0.400. The molecule has 0 aliphatic heterocycles. The summed E-state index contributed by atoms with van der Waals surface area (Å²) in [4.78, 5) is 5.97. The average Bonchev–Trinajstić information content (AvgIpc) is 2.27. The van der Waals surface area contributed by atoms with E-state index in [1.807, 2.05) is 24.9 Å². The van der Waals surface area contributed by atoms with Crippen molar-refractivity contribution in [2.75, 3.05) is 18.6 Å². The first-order valence-electron chi connectivity index (χ1n) is 4.39. The fourth-order valence-corrected chi connectivity index (χ4v) is 1.01. The Balaban J connectivity index is 2.82. The SMILES string of the molecule is CC(CO)N(C)c1ccc(C#N)cn1. The lowest BCUT2D eigenvalue weighted by molar-refractivity contribution is 0.270. The first-order chi connectivity index (χ1) is 6.69. The number of rotatable bonds is 3. The van der Waals surface area contributed by atoms with Gasteiger partial charge in [0.1, 0.15) is 11.9 Å². The third kappa shape index (κ3) is 2.21. The van der Waals surface area contributed by atoms with E-state index < -0.39 is 0 Å². The van der Waals surface area contributed by atoms with Crippen molar-refractivity contribution in [3.63, 3.8) is 0 Å². The van der Waals surface area contributed by atoms with Crippen molar-refractivity contribution in [2.24, 2.45) is 0 Å². The van der Waals surface area contributed by atoms with Crippen LogP contribution < -0.4 is 4.90 Å². The van der Waals surface area contributed by atoms with E-state index in [9.17, 15) is 0 Å². The lowest BCUT2D eigenvalue weighted by atomic mass is 10.3. The minimum Gasteiger partial charge on any atom is -0.394 e. The Morgan fingerprint density at radius 2 is 2.36 bits per heavy atom. The Hall–Kier alpha value is -1.60. The molecule has 0 amide bonds. The van der Waals surface area contributed by atoms with Crippen LogP contribution in [0.15, 0.2) is 18.3 Å². The largest absolute Gasteiger partial charge is 0.394 e. The van der Waals surface area contributed by atoms with E-state index in [0.717, 1.165) is 5.82 Å². The molecule has 74 valence electrons. The number of hydrogen-bond acceptors (Lipinski definition) is 4. The second-order valence-electron chi connectivity index (χ2n) is 3.16. The summed E-state index contributed by atoms with van der Waals surface area (Å²) in [5.74, 6) is 0.755. The van der Waals surface area contributed by atoms with Gasteiger partial charge in [0, 0.05) is 13.2 Å². The zero-order valence-electron chi connectivity index (χ0n) is 8.31. The summed E-state index contributed by atoms with van der Waals surface area (Å²) >= 11 is 0. The molecule has 1 aromatic heterocycles. The number of aliphatic hydroxyl groups excluding tert-OH is 1. The van der Waals surface area contributed by atoms with Crippen LogP contribution in [0.3, 0.4) is 0 Å². The van der Waals surface area contributed by atoms with Crippen LogP contribution in [0.4, 0.5) is 5.82 Å². The number of pyridine rings is 1. The molecule has 0 aliphatic carbocycles. The predicted molar refractivity (Wildman–Crippen MR) is 53.9 cm³/mol. The summed E-state index contributed by atoms with van der Waals surface area (Å²) in [6, 6.07) is 5.51. The number of hydrogen-bond donors (Lipinski definition) is 1. The van der Waals surface area contributed by atoms with Crippen LogP contribution in [0.25, 0.3) is 0 Å². The van der Waals surface area contributed by atoms with Crippen LogP contribution >= 0.6 is 0 Å². The molecule has 0 aromatic carbocycles. The summed E-state index contributed by atoms with van der Waals surface area (Å²) in [6.45, 7) is 1.98. The number of nitriles is 1. The molecule has 0 saturated carbocycles. The molecule has 1 atom stereocenters. The van der Waals surface area contributed by atoms with Gasteiger partial charge in [0.15, 0.2) is 0 Å². The van der Waals surface area contributed by atoms with E-state index in [1.54, 1.807) is 12.1 Å². The Bertz CT molecular complexity index is 328. The third-order valence-corrected chi connectivity index (χ3v) is 2.16. The monoisotopic (exact) mass is 191 g/mol. The van der Waals surface area contributed by atoms with Crippen molar-refractivity contribution < 1.29 is 5.11 Å². The standard InChI is InChI=1S/C10H13N3O/c1-8(7-14)13(2)10-4-3-9(5-11)6-12-10/h3-4,6,8,14H,7H2,1-2H3. The van der Waals surface area contributed by atoms with Crippen molar-refractivity contribution in [3.05, 3.63) is 23.9 Å². The van der Waals surface area contributed by atoms with Gasteiger partial charge in [-0.25, -0.2) is 4.98 Å². The van der Waals surface area contributed by atoms with Gasteiger partial charge < -0.3 is 10.0 Å². The van der Waals surface area contributed by atoms with Gasteiger partial charge in [0.2, 0.25) is 0 Å². The lowest BCUT2D eigenvalue weighted by Crippen LogP contribution is -2.32. The molecule has 4 heteroatoms. The second-order valence-corrected chi connectivity index (χ2v) is 3.16. The normalized spacial score (nSPS) is 11.9. The highest BCUT2D eigenvalue weighted by Crippen LogP contribution is 2.11. The van der Waals surface area contributed by atoms with E-state index >= 15 is 0 Å². The van der Waals surface area contributed by atoms with E-state index in [1.165, 1.54) is 6.20 Å². The van der Waals surface area contributed by atoms with Gasteiger partial charge >= 0.3 is 0 Å². The molecule has 0 saturated heterocycles. The number of anilines is 1. The highest BCUT2D eigenvalue weighted by Gasteiger charge is 2.09. The van der Waals surface area contributed by atoms with Crippen molar-refractivity contribution in [2.45, 2.75) is 13.0 Å². The van der Waals surface area contributed by atoms with Crippen molar-refractivity contribution in [1.82, 2.24) is 4.98 Å². The molecular weight excluding hydrogens is 178 g/mol. The molecule has 14 heavy (non-hydrogen) atoms. The summed E-state index contributed by atoms with van der Waals surface area (Å²) in [5.41, 5.74) is 0.541. The molecule has 1 rings (SSSR count). The molecule has 0 radical (unpaired) electrons. The minimum absolute atomic E-state index is 0.0236. The van der Waals surface area contributed by atoms with E-state index in [-0.39, 0.29) is 12.6 Å². The highest BCUT2D eigenvalue weighted by molar-refractivity contribution is 5.41. The summed E-state index contributed by atoms with van der Waals surface area (Å²) in [7, 11) is 1.86. The first-order valence-corrected chi connectivity index (χ1v) is 4.39.